The highest BCUT2D eigenvalue weighted by Crippen LogP contribution is 2.34. The van der Waals surface area contributed by atoms with E-state index >= 15 is 0 Å². The Bertz CT molecular complexity index is 340. The van der Waals surface area contributed by atoms with Crippen molar-refractivity contribution in [3.63, 3.8) is 0 Å². The van der Waals surface area contributed by atoms with Crippen molar-refractivity contribution in [2.45, 2.75) is 24.4 Å². The number of halogens is 1. The lowest BCUT2D eigenvalue weighted by Gasteiger charge is -2.20. The Kier molecular flexibility index (Phi) is 3.42. The topological polar surface area (TPSA) is 29.5 Å². The molecule has 2 nitrogen and oxygen atoms in total. The highest BCUT2D eigenvalue weighted by Gasteiger charge is 2.22. The Morgan fingerprint density at radius 3 is 2.29 bits per heavy atom. The van der Waals surface area contributed by atoms with E-state index in [1.54, 1.807) is 14.0 Å². The summed E-state index contributed by atoms with van der Waals surface area (Å²) in [4.78, 5) is 0. The zero-order valence-corrected chi connectivity index (χ0v) is 11.0. The SMILES string of the molecule is COc1ccc([C@@](C)(O)I)c(C)c1C. The molecule has 1 atom stereocenters. The van der Waals surface area contributed by atoms with Crippen LogP contribution in [0.2, 0.25) is 0 Å². The molecule has 0 saturated heterocycles. The third kappa shape index (κ3) is 2.20. The third-order valence-electron chi connectivity index (χ3n) is 2.45. The summed E-state index contributed by atoms with van der Waals surface area (Å²) in [6, 6.07) is 3.80. The molecule has 0 radical (unpaired) electrons. The monoisotopic (exact) mass is 306 g/mol. The smallest absolute Gasteiger partial charge is 0.138 e. The molecule has 1 aromatic rings. The average molecular weight is 306 g/mol. The lowest BCUT2D eigenvalue weighted by Crippen LogP contribution is -2.13. The van der Waals surface area contributed by atoms with Crippen LogP contribution >= 0.6 is 22.6 Å². The van der Waals surface area contributed by atoms with Crippen molar-refractivity contribution >= 4 is 22.6 Å². The summed E-state index contributed by atoms with van der Waals surface area (Å²) in [5.41, 5.74) is 3.11. The largest absolute Gasteiger partial charge is 0.496 e. The lowest BCUT2D eigenvalue weighted by molar-refractivity contribution is 0.178. The normalized spacial score (nSPS) is 15.0. The van der Waals surface area contributed by atoms with Crippen LogP contribution in [0.3, 0.4) is 0 Å². The molecule has 0 aliphatic carbocycles. The van der Waals surface area contributed by atoms with Gasteiger partial charge in [0.05, 0.1) is 7.11 Å². The number of benzene rings is 1. The van der Waals surface area contributed by atoms with Crippen LogP contribution in [-0.2, 0) is 3.61 Å². The van der Waals surface area contributed by atoms with Crippen LogP contribution < -0.4 is 4.74 Å². The lowest BCUT2D eigenvalue weighted by atomic mass is 9.99. The molecule has 78 valence electrons. The predicted octanol–water partition coefficient (Wildman–Crippen LogP) is 2.91. The van der Waals surface area contributed by atoms with E-state index in [4.69, 9.17) is 4.74 Å². The summed E-state index contributed by atoms with van der Waals surface area (Å²) < 4.78 is 4.39. The molecule has 0 aliphatic heterocycles. The van der Waals surface area contributed by atoms with E-state index in [9.17, 15) is 5.11 Å². The maximum absolute atomic E-state index is 9.90. The van der Waals surface area contributed by atoms with E-state index in [0.717, 1.165) is 22.4 Å². The first-order chi connectivity index (χ1) is 6.38. The van der Waals surface area contributed by atoms with Crippen molar-refractivity contribution in [1.82, 2.24) is 0 Å². The fraction of sp³-hybridized carbons (Fsp3) is 0.455. The van der Waals surface area contributed by atoms with Gasteiger partial charge >= 0.3 is 0 Å². The van der Waals surface area contributed by atoms with Crippen LogP contribution in [0, 0.1) is 13.8 Å². The molecule has 0 fully saturated rings. The van der Waals surface area contributed by atoms with Gasteiger partial charge < -0.3 is 9.84 Å². The first kappa shape index (κ1) is 11.8. The van der Waals surface area contributed by atoms with Gasteiger partial charge in [-0.25, -0.2) is 0 Å². The van der Waals surface area contributed by atoms with E-state index in [1.807, 2.05) is 48.6 Å². The van der Waals surface area contributed by atoms with Crippen LogP contribution in [0.25, 0.3) is 0 Å². The highest BCUT2D eigenvalue weighted by molar-refractivity contribution is 14.1. The van der Waals surface area contributed by atoms with Crippen molar-refractivity contribution in [2.75, 3.05) is 7.11 Å². The molecule has 0 aromatic heterocycles. The predicted molar refractivity (Wildman–Crippen MR) is 66.1 cm³/mol. The molecule has 3 heteroatoms. The molecular weight excluding hydrogens is 291 g/mol. The Labute approximate surface area is 98.4 Å². The zero-order chi connectivity index (χ0) is 10.9. The van der Waals surface area contributed by atoms with Gasteiger partial charge in [0.15, 0.2) is 0 Å². The van der Waals surface area contributed by atoms with Crippen molar-refractivity contribution in [3.05, 3.63) is 28.8 Å². The number of ether oxygens (including phenoxy) is 1. The molecule has 0 amide bonds. The molecule has 0 heterocycles. The van der Waals surface area contributed by atoms with Gasteiger partial charge in [0.2, 0.25) is 0 Å². The third-order valence-corrected chi connectivity index (χ3v) is 3.03. The minimum atomic E-state index is -0.821. The maximum atomic E-state index is 9.90. The Hall–Kier alpha value is -0.290. The van der Waals surface area contributed by atoms with Crippen LogP contribution in [0.1, 0.15) is 23.6 Å². The van der Waals surface area contributed by atoms with Crippen molar-refractivity contribution in [3.8, 4) is 5.75 Å². The summed E-state index contributed by atoms with van der Waals surface area (Å²) in [6.45, 7) is 5.78. The van der Waals surface area contributed by atoms with Gasteiger partial charge in [-0.3, -0.25) is 0 Å². The molecule has 1 rings (SSSR count). The number of hydrogen-bond acceptors (Lipinski definition) is 2. The maximum Gasteiger partial charge on any atom is 0.138 e. The Morgan fingerprint density at radius 1 is 1.29 bits per heavy atom. The first-order valence-corrected chi connectivity index (χ1v) is 5.51. The molecule has 1 aromatic carbocycles. The quantitative estimate of drug-likeness (QED) is 0.672. The summed E-state index contributed by atoms with van der Waals surface area (Å²) >= 11 is 2.02. The van der Waals surface area contributed by atoms with Crippen LogP contribution in [-0.4, -0.2) is 12.2 Å². The van der Waals surface area contributed by atoms with E-state index < -0.39 is 3.61 Å². The van der Waals surface area contributed by atoms with Crippen molar-refractivity contribution < 1.29 is 9.84 Å². The zero-order valence-electron chi connectivity index (χ0n) is 8.89. The van der Waals surface area contributed by atoms with Gasteiger partial charge in [0.25, 0.3) is 0 Å². The van der Waals surface area contributed by atoms with Crippen LogP contribution in [0.5, 0.6) is 5.75 Å². The van der Waals surface area contributed by atoms with Crippen LogP contribution in [0.4, 0.5) is 0 Å². The van der Waals surface area contributed by atoms with Crippen molar-refractivity contribution in [2.24, 2.45) is 0 Å². The molecule has 0 aliphatic rings. The van der Waals surface area contributed by atoms with Crippen molar-refractivity contribution in [1.29, 1.82) is 0 Å². The van der Waals surface area contributed by atoms with Gasteiger partial charge in [0.1, 0.15) is 9.36 Å². The second kappa shape index (κ2) is 4.06. The average Bonchev–Trinajstić information content (AvgIpc) is 2.07. The number of rotatable bonds is 2. The van der Waals surface area contributed by atoms with E-state index in [1.165, 1.54) is 0 Å². The summed E-state index contributed by atoms with van der Waals surface area (Å²) in [7, 11) is 1.66. The number of alkyl halides is 1. The van der Waals surface area contributed by atoms with Gasteiger partial charge in [0, 0.05) is 0 Å². The van der Waals surface area contributed by atoms with E-state index in [0.29, 0.717) is 0 Å². The van der Waals surface area contributed by atoms with Gasteiger partial charge in [-0.05, 0) is 66.1 Å². The van der Waals surface area contributed by atoms with Crippen LogP contribution in [0.15, 0.2) is 12.1 Å². The standard InChI is InChI=1S/C11H15IO2/c1-7-8(2)10(14-4)6-5-9(7)11(3,12)13/h5-6,13H,1-4H3/t11-/m1/s1. The molecule has 1 N–H and O–H groups in total. The second-order valence-corrected chi connectivity index (χ2v) is 5.62. The number of hydrogen-bond donors (Lipinski definition) is 1. The van der Waals surface area contributed by atoms with Gasteiger partial charge in [-0.1, -0.05) is 6.07 Å². The second-order valence-electron chi connectivity index (χ2n) is 3.52. The summed E-state index contributed by atoms with van der Waals surface area (Å²) in [5, 5.41) is 9.90. The molecule has 14 heavy (non-hydrogen) atoms. The molecule has 0 bridgehead atoms. The van der Waals surface area contributed by atoms with E-state index in [-0.39, 0.29) is 0 Å². The fourth-order valence-corrected chi connectivity index (χ4v) is 2.10. The minimum absolute atomic E-state index is 0.821. The molecule has 0 saturated carbocycles. The van der Waals surface area contributed by atoms with Gasteiger partial charge in [-0.15, -0.1) is 0 Å². The number of aliphatic hydroxyl groups is 1. The molecule has 0 unspecified atom stereocenters. The Morgan fingerprint density at radius 2 is 1.86 bits per heavy atom. The highest BCUT2D eigenvalue weighted by atomic mass is 127. The van der Waals surface area contributed by atoms with Gasteiger partial charge in [-0.2, -0.15) is 0 Å². The minimum Gasteiger partial charge on any atom is -0.496 e. The molecular formula is C11H15IO2. The summed E-state index contributed by atoms with van der Waals surface area (Å²) in [5.74, 6) is 0.868. The summed E-state index contributed by atoms with van der Waals surface area (Å²) in [6.07, 6.45) is 0. The Balaban J connectivity index is 3.31. The van der Waals surface area contributed by atoms with E-state index in [2.05, 4.69) is 0 Å². The molecule has 0 spiro atoms. The first-order valence-electron chi connectivity index (χ1n) is 4.44. The fourth-order valence-electron chi connectivity index (χ4n) is 1.51. The number of methoxy groups -OCH3 is 1.